The maximum absolute atomic E-state index is 12.6. The number of nitrogens with zero attached hydrogens (tertiary/aromatic N) is 2. The van der Waals surface area contributed by atoms with E-state index >= 15 is 0 Å². The molecule has 162 valence electrons. The smallest absolute Gasteiger partial charge is 0.324 e. The van der Waals surface area contributed by atoms with Gasteiger partial charge in [-0.1, -0.05) is 36.8 Å². The number of carbonyl (C=O) groups excluding carboxylic acids is 3. The SMILES string of the molecule is O=C(C[C@H]1NC(=O)N(CCc2ccccc2)C1=O)NC[C@@H]1CCCN2CCCC[C@H]12. The lowest BCUT2D eigenvalue weighted by Crippen LogP contribution is -2.51. The monoisotopic (exact) mass is 412 g/mol. The minimum absolute atomic E-state index is 0.00745. The number of amides is 4. The van der Waals surface area contributed by atoms with Crippen LogP contribution in [0.4, 0.5) is 4.79 Å². The van der Waals surface area contributed by atoms with Gasteiger partial charge in [-0.15, -0.1) is 0 Å². The summed E-state index contributed by atoms with van der Waals surface area (Å²) >= 11 is 0. The van der Waals surface area contributed by atoms with Crippen LogP contribution >= 0.6 is 0 Å². The molecule has 7 nitrogen and oxygen atoms in total. The van der Waals surface area contributed by atoms with Crippen LogP contribution in [-0.4, -0.2) is 65.9 Å². The Morgan fingerprint density at radius 2 is 1.87 bits per heavy atom. The zero-order chi connectivity index (χ0) is 20.9. The largest absolute Gasteiger partial charge is 0.356 e. The molecule has 30 heavy (non-hydrogen) atoms. The van der Waals surface area contributed by atoms with Crippen LogP contribution in [0.2, 0.25) is 0 Å². The number of imide groups is 1. The zero-order valence-electron chi connectivity index (χ0n) is 17.5. The highest BCUT2D eigenvalue weighted by molar-refractivity contribution is 6.05. The lowest BCUT2D eigenvalue weighted by atomic mass is 9.83. The van der Waals surface area contributed by atoms with Gasteiger partial charge >= 0.3 is 6.03 Å². The van der Waals surface area contributed by atoms with Gasteiger partial charge in [0.1, 0.15) is 6.04 Å². The summed E-state index contributed by atoms with van der Waals surface area (Å²) in [6.45, 7) is 3.34. The van der Waals surface area contributed by atoms with Crippen LogP contribution in [0.1, 0.15) is 44.1 Å². The highest BCUT2D eigenvalue weighted by atomic mass is 16.2. The van der Waals surface area contributed by atoms with E-state index in [9.17, 15) is 14.4 Å². The molecule has 3 heterocycles. The number of fused-ring (bicyclic) bond motifs is 1. The van der Waals surface area contributed by atoms with Crippen molar-refractivity contribution in [3.63, 3.8) is 0 Å². The van der Waals surface area contributed by atoms with Crippen molar-refractivity contribution in [1.82, 2.24) is 20.4 Å². The molecular formula is C23H32N4O3. The quantitative estimate of drug-likeness (QED) is 0.671. The third-order valence-corrected chi connectivity index (χ3v) is 6.75. The molecular weight excluding hydrogens is 380 g/mol. The van der Waals surface area contributed by atoms with Gasteiger partial charge in [0, 0.05) is 19.1 Å². The second-order valence-corrected chi connectivity index (χ2v) is 8.74. The fourth-order valence-corrected chi connectivity index (χ4v) is 5.13. The minimum atomic E-state index is -0.759. The van der Waals surface area contributed by atoms with Gasteiger partial charge in [0.2, 0.25) is 5.91 Å². The van der Waals surface area contributed by atoms with Crippen LogP contribution in [0.25, 0.3) is 0 Å². The van der Waals surface area contributed by atoms with Gasteiger partial charge in [-0.3, -0.25) is 14.5 Å². The van der Waals surface area contributed by atoms with Crippen molar-refractivity contribution >= 4 is 17.8 Å². The Morgan fingerprint density at radius 1 is 1.07 bits per heavy atom. The first-order valence-corrected chi connectivity index (χ1v) is 11.3. The summed E-state index contributed by atoms with van der Waals surface area (Å²) in [6, 6.07) is 9.17. The van der Waals surface area contributed by atoms with E-state index in [1.165, 1.54) is 43.7 Å². The van der Waals surface area contributed by atoms with Gasteiger partial charge in [-0.05, 0) is 56.7 Å². The number of hydrogen-bond donors (Lipinski definition) is 2. The van der Waals surface area contributed by atoms with E-state index < -0.39 is 12.1 Å². The molecule has 7 heteroatoms. The number of nitrogens with one attached hydrogen (secondary N) is 2. The van der Waals surface area contributed by atoms with Crippen LogP contribution in [-0.2, 0) is 16.0 Å². The molecule has 3 fully saturated rings. The van der Waals surface area contributed by atoms with Gasteiger partial charge in [0.25, 0.3) is 5.91 Å². The number of urea groups is 1. The van der Waals surface area contributed by atoms with Crippen LogP contribution < -0.4 is 10.6 Å². The summed E-state index contributed by atoms with van der Waals surface area (Å²) in [7, 11) is 0. The van der Waals surface area contributed by atoms with Gasteiger partial charge in [0.15, 0.2) is 0 Å². The maximum Gasteiger partial charge on any atom is 0.324 e. The summed E-state index contributed by atoms with van der Waals surface area (Å²) in [6.07, 6.45) is 6.71. The number of rotatable bonds is 7. The third kappa shape index (κ3) is 4.83. The van der Waals surface area contributed by atoms with Crippen LogP contribution in [0.15, 0.2) is 30.3 Å². The lowest BCUT2D eigenvalue weighted by Gasteiger charge is -2.44. The summed E-state index contributed by atoms with van der Waals surface area (Å²) < 4.78 is 0. The van der Waals surface area contributed by atoms with Gasteiger partial charge in [-0.2, -0.15) is 0 Å². The predicted octanol–water partition coefficient (Wildman–Crippen LogP) is 1.92. The van der Waals surface area contributed by atoms with Crippen molar-refractivity contribution in [3.8, 4) is 0 Å². The maximum atomic E-state index is 12.6. The summed E-state index contributed by atoms with van der Waals surface area (Å²) in [4.78, 5) is 41.1. The Balaban J connectivity index is 1.24. The Morgan fingerprint density at radius 3 is 2.70 bits per heavy atom. The van der Waals surface area contributed by atoms with Crippen molar-refractivity contribution in [2.24, 2.45) is 5.92 Å². The average Bonchev–Trinajstić information content (AvgIpc) is 3.03. The molecule has 1 aromatic carbocycles. The highest BCUT2D eigenvalue weighted by Gasteiger charge is 2.39. The molecule has 3 atom stereocenters. The normalized spacial score (nSPS) is 26.9. The third-order valence-electron chi connectivity index (χ3n) is 6.75. The van der Waals surface area contributed by atoms with Crippen LogP contribution in [0, 0.1) is 5.92 Å². The van der Waals surface area contributed by atoms with Crippen molar-refractivity contribution in [2.45, 2.75) is 57.0 Å². The fourth-order valence-electron chi connectivity index (χ4n) is 5.13. The van der Waals surface area contributed by atoms with E-state index in [4.69, 9.17) is 0 Å². The van der Waals surface area contributed by atoms with Gasteiger partial charge in [0.05, 0.1) is 6.42 Å². The second-order valence-electron chi connectivity index (χ2n) is 8.74. The van der Waals surface area contributed by atoms with Crippen LogP contribution in [0.5, 0.6) is 0 Å². The molecule has 3 saturated heterocycles. The van der Waals surface area contributed by atoms with Crippen molar-refractivity contribution in [2.75, 3.05) is 26.2 Å². The average molecular weight is 413 g/mol. The Hall–Kier alpha value is -2.41. The summed E-state index contributed by atoms with van der Waals surface area (Å²) in [5.74, 6) is 0.0212. The highest BCUT2D eigenvalue weighted by Crippen LogP contribution is 2.30. The molecule has 0 spiro atoms. The Kier molecular flexibility index (Phi) is 6.67. The first-order chi connectivity index (χ1) is 14.6. The van der Waals surface area contributed by atoms with Gasteiger partial charge < -0.3 is 15.5 Å². The standard InChI is InChI=1S/C23H32N4O3/c28-21(24-16-18-9-6-13-26-12-5-4-10-20(18)26)15-19-22(29)27(23(30)25-19)14-11-17-7-2-1-3-8-17/h1-3,7-8,18-20H,4-6,9-16H2,(H,24,28)(H,25,30)/t18-,19+,20+/m0/s1. The molecule has 4 amide bonds. The van der Waals surface area contributed by atoms with Crippen molar-refractivity contribution < 1.29 is 14.4 Å². The van der Waals surface area contributed by atoms with E-state index in [1.807, 2.05) is 30.3 Å². The van der Waals surface area contributed by atoms with E-state index in [1.54, 1.807) is 0 Å². The molecule has 0 aromatic heterocycles. The van der Waals surface area contributed by atoms with E-state index in [-0.39, 0.29) is 18.2 Å². The summed E-state index contributed by atoms with van der Waals surface area (Å²) in [5, 5.41) is 5.71. The number of piperidine rings is 2. The lowest BCUT2D eigenvalue weighted by molar-refractivity contribution is -0.131. The number of carbonyl (C=O) groups is 3. The Labute approximate surface area is 178 Å². The van der Waals surface area contributed by atoms with E-state index in [0.717, 1.165) is 12.0 Å². The first kappa shape index (κ1) is 20.8. The van der Waals surface area contributed by atoms with E-state index in [0.29, 0.717) is 31.5 Å². The molecule has 0 saturated carbocycles. The van der Waals surface area contributed by atoms with Crippen molar-refractivity contribution in [3.05, 3.63) is 35.9 Å². The number of hydrogen-bond acceptors (Lipinski definition) is 4. The topological polar surface area (TPSA) is 81.8 Å². The van der Waals surface area contributed by atoms with Crippen molar-refractivity contribution in [1.29, 1.82) is 0 Å². The molecule has 0 unspecified atom stereocenters. The molecule has 1 aromatic rings. The number of benzene rings is 1. The molecule has 0 aliphatic carbocycles. The zero-order valence-corrected chi connectivity index (χ0v) is 17.5. The Bertz CT molecular complexity index is 767. The molecule has 2 N–H and O–H groups in total. The minimum Gasteiger partial charge on any atom is -0.356 e. The first-order valence-electron chi connectivity index (χ1n) is 11.3. The molecule has 4 rings (SSSR count). The molecule has 0 radical (unpaired) electrons. The molecule has 3 aliphatic rings. The van der Waals surface area contributed by atoms with E-state index in [2.05, 4.69) is 15.5 Å². The predicted molar refractivity (Wildman–Crippen MR) is 114 cm³/mol. The second kappa shape index (κ2) is 9.60. The van der Waals surface area contributed by atoms with Crippen LogP contribution in [0.3, 0.4) is 0 Å². The summed E-state index contributed by atoms with van der Waals surface area (Å²) in [5.41, 5.74) is 1.07. The molecule has 3 aliphatic heterocycles. The fraction of sp³-hybridized carbons (Fsp3) is 0.609. The van der Waals surface area contributed by atoms with Gasteiger partial charge in [-0.25, -0.2) is 4.79 Å². The molecule has 0 bridgehead atoms.